The van der Waals surface area contributed by atoms with Crippen molar-refractivity contribution in [2.75, 3.05) is 37.7 Å². The van der Waals surface area contributed by atoms with Crippen LogP contribution in [0.4, 0.5) is 11.4 Å². The van der Waals surface area contributed by atoms with E-state index < -0.39 is 0 Å². The molecule has 0 spiro atoms. The molecule has 1 aliphatic heterocycles. The summed E-state index contributed by atoms with van der Waals surface area (Å²) in [5.41, 5.74) is 7.69. The van der Waals surface area contributed by atoms with Crippen molar-refractivity contribution in [1.82, 2.24) is 4.90 Å². The van der Waals surface area contributed by atoms with E-state index in [0.29, 0.717) is 5.69 Å². The summed E-state index contributed by atoms with van der Waals surface area (Å²) in [6, 6.07) is 5.91. The zero-order valence-corrected chi connectivity index (χ0v) is 12.1. The number of anilines is 2. The van der Waals surface area contributed by atoms with Gasteiger partial charge in [-0.05, 0) is 51.9 Å². The number of ether oxygens (including phenoxy) is 1. The van der Waals surface area contributed by atoms with E-state index in [1.54, 1.807) is 0 Å². The maximum Gasteiger partial charge on any atom is 0.144 e. The van der Waals surface area contributed by atoms with Crippen LogP contribution in [0.15, 0.2) is 18.2 Å². The lowest BCUT2D eigenvalue weighted by Crippen LogP contribution is -2.19. The summed E-state index contributed by atoms with van der Waals surface area (Å²) in [7, 11) is 2.18. The summed E-state index contributed by atoms with van der Waals surface area (Å²) in [5, 5.41) is 3.49. The first-order chi connectivity index (χ1) is 9.04. The molecule has 2 rings (SSSR count). The molecule has 3 N–H and O–H groups in total. The van der Waals surface area contributed by atoms with Crippen LogP contribution in [0.5, 0.6) is 5.75 Å². The number of nitrogens with two attached hydrogens (primary N) is 1. The van der Waals surface area contributed by atoms with Crippen LogP contribution in [0.25, 0.3) is 0 Å². The molecule has 0 amide bonds. The van der Waals surface area contributed by atoms with Gasteiger partial charge in [-0.2, -0.15) is 0 Å². The second-order valence-electron chi connectivity index (χ2n) is 5.72. The average Bonchev–Trinajstić information content (AvgIpc) is 2.75. The number of hydrogen-bond donors (Lipinski definition) is 2. The average molecular weight is 263 g/mol. The van der Waals surface area contributed by atoms with Gasteiger partial charge in [-0.3, -0.25) is 0 Å². The second-order valence-corrected chi connectivity index (χ2v) is 5.72. The Morgan fingerprint density at radius 3 is 2.89 bits per heavy atom. The van der Waals surface area contributed by atoms with E-state index in [1.165, 1.54) is 19.5 Å². The third kappa shape index (κ3) is 4.03. The molecule has 19 heavy (non-hydrogen) atoms. The molecule has 1 aromatic rings. The highest BCUT2D eigenvalue weighted by molar-refractivity contribution is 5.61. The molecule has 1 atom stereocenters. The van der Waals surface area contributed by atoms with E-state index in [1.807, 2.05) is 32.0 Å². The molecule has 1 fully saturated rings. The number of rotatable bonds is 5. The predicted octanol–water partition coefficient (Wildman–Crippen LogP) is 2.42. The van der Waals surface area contributed by atoms with Gasteiger partial charge in [-0.25, -0.2) is 0 Å². The Morgan fingerprint density at radius 1 is 1.47 bits per heavy atom. The number of benzene rings is 1. The lowest BCUT2D eigenvalue weighted by molar-refractivity contribution is 0.244. The van der Waals surface area contributed by atoms with Crippen LogP contribution in [0.2, 0.25) is 0 Å². The molecule has 4 heteroatoms. The first kappa shape index (κ1) is 14.0. The van der Waals surface area contributed by atoms with E-state index >= 15 is 0 Å². The smallest absolute Gasteiger partial charge is 0.144 e. The van der Waals surface area contributed by atoms with Crippen LogP contribution < -0.4 is 15.8 Å². The Balaban J connectivity index is 1.93. The molecule has 0 saturated carbocycles. The lowest BCUT2D eigenvalue weighted by Gasteiger charge is -2.16. The molecule has 1 saturated heterocycles. The molecule has 0 aliphatic carbocycles. The van der Waals surface area contributed by atoms with Gasteiger partial charge < -0.3 is 20.7 Å². The van der Waals surface area contributed by atoms with Gasteiger partial charge >= 0.3 is 0 Å². The van der Waals surface area contributed by atoms with Crippen LogP contribution in [-0.2, 0) is 0 Å². The Labute approximate surface area is 115 Å². The van der Waals surface area contributed by atoms with Crippen LogP contribution in [0.3, 0.4) is 0 Å². The van der Waals surface area contributed by atoms with Gasteiger partial charge in [-0.15, -0.1) is 0 Å². The van der Waals surface area contributed by atoms with Crippen LogP contribution in [0.1, 0.15) is 20.3 Å². The third-order valence-electron chi connectivity index (χ3n) is 3.46. The monoisotopic (exact) mass is 263 g/mol. The molecule has 0 bridgehead atoms. The van der Waals surface area contributed by atoms with Crippen molar-refractivity contribution in [1.29, 1.82) is 0 Å². The summed E-state index contributed by atoms with van der Waals surface area (Å²) in [4.78, 5) is 2.38. The van der Waals surface area contributed by atoms with E-state index in [9.17, 15) is 0 Å². The Kier molecular flexibility index (Phi) is 4.53. The molecule has 1 unspecified atom stereocenters. The van der Waals surface area contributed by atoms with E-state index in [0.717, 1.165) is 23.9 Å². The van der Waals surface area contributed by atoms with E-state index in [2.05, 4.69) is 17.3 Å². The van der Waals surface area contributed by atoms with E-state index in [-0.39, 0.29) is 6.10 Å². The fourth-order valence-corrected chi connectivity index (χ4v) is 2.46. The second kappa shape index (κ2) is 6.15. The lowest BCUT2D eigenvalue weighted by atomic mass is 10.1. The fraction of sp³-hybridized carbons (Fsp3) is 0.600. The summed E-state index contributed by atoms with van der Waals surface area (Å²) >= 11 is 0. The topological polar surface area (TPSA) is 50.5 Å². The fourth-order valence-electron chi connectivity index (χ4n) is 2.46. The Morgan fingerprint density at radius 2 is 2.26 bits per heavy atom. The number of hydrogen-bond acceptors (Lipinski definition) is 4. The predicted molar refractivity (Wildman–Crippen MR) is 80.7 cm³/mol. The van der Waals surface area contributed by atoms with Gasteiger partial charge in [0.15, 0.2) is 0 Å². The highest BCUT2D eigenvalue weighted by atomic mass is 16.5. The minimum atomic E-state index is 0.140. The molecule has 0 aromatic heterocycles. The number of nitrogen functional groups attached to an aromatic ring is 1. The van der Waals surface area contributed by atoms with Crippen molar-refractivity contribution < 1.29 is 4.74 Å². The van der Waals surface area contributed by atoms with E-state index in [4.69, 9.17) is 10.5 Å². The maximum absolute atomic E-state index is 5.91. The Hall–Kier alpha value is -1.42. The maximum atomic E-state index is 5.91. The number of nitrogens with zero attached hydrogens (tertiary/aromatic N) is 1. The first-order valence-electron chi connectivity index (χ1n) is 7.03. The standard InChI is InChI=1S/C15H25N3O/c1-11(2)19-15-8-13(4-5-14(15)16)17-9-12-6-7-18(3)10-12/h4-5,8,11-12,17H,6-7,9-10,16H2,1-3H3. The highest BCUT2D eigenvalue weighted by Crippen LogP contribution is 2.27. The van der Waals surface area contributed by atoms with Crippen molar-refractivity contribution in [3.63, 3.8) is 0 Å². The molecule has 1 aromatic carbocycles. The molecular formula is C15H25N3O. The largest absolute Gasteiger partial charge is 0.489 e. The Bertz CT molecular complexity index is 420. The van der Waals surface area contributed by atoms with Crippen molar-refractivity contribution in [3.05, 3.63) is 18.2 Å². The molecule has 106 valence electrons. The highest BCUT2D eigenvalue weighted by Gasteiger charge is 2.18. The van der Waals surface area contributed by atoms with Gasteiger partial charge in [0.25, 0.3) is 0 Å². The van der Waals surface area contributed by atoms with Gasteiger partial charge in [0.1, 0.15) is 5.75 Å². The molecule has 0 radical (unpaired) electrons. The van der Waals surface area contributed by atoms with Crippen molar-refractivity contribution in [2.24, 2.45) is 5.92 Å². The minimum absolute atomic E-state index is 0.140. The molecular weight excluding hydrogens is 238 g/mol. The van der Waals surface area contributed by atoms with Gasteiger partial charge in [-0.1, -0.05) is 0 Å². The number of nitrogens with one attached hydrogen (secondary N) is 1. The third-order valence-corrected chi connectivity index (χ3v) is 3.46. The molecule has 1 aliphatic rings. The van der Waals surface area contributed by atoms with Crippen LogP contribution in [-0.4, -0.2) is 37.7 Å². The normalized spacial score (nSPS) is 19.9. The van der Waals surface area contributed by atoms with Crippen molar-refractivity contribution in [3.8, 4) is 5.75 Å². The zero-order chi connectivity index (χ0) is 13.8. The van der Waals surface area contributed by atoms with Crippen LogP contribution >= 0.6 is 0 Å². The summed E-state index contributed by atoms with van der Waals surface area (Å²) in [6.07, 6.45) is 1.41. The van der Waals surface area contributed by atoms with Gasteiger partial charge in [0, 0.05) is 24.8 Å². The van der Waals surface area contributed by atoms with Crippen LogP contribution in [0, 0.1) is 5.92 Å². The SMILES string of the molecule is CC(C)Oc1cc(NCC2CCN(C)C2)ccc1N. The molecule has 4 nitrogen and oxygen atoms in total. The van der Waals surface area contributed by atoms with Gasteiger partial charge in [0.05, 0.1) is 11.8 Å². The first-order valence-corrected chi connectivity index (χ1v) is 7.03. The zero-order valence-electron chi connectivity index (χ0n) is 12.1. The minimum Gasteiger partial charge on any atom is -0.489 e. The summed E-state index contributed by atoms with van der Waals surface area (Å²) in [5.74, 6) is 1.50. The summed E-state index contributed by atoms with van der Waals surface area (Å²) < 4.78 is 5.70. The molecule has 1 heterocycles. The van der Waals surface area contributed by atoms with Gasteiger partial charge in [0.2, 0.25) is 0 Å². The quantitative estimate of drug-likeness (QED) is 0.801. The van der Waals surface area contributed by atoms with Crippen molar-refractivity contribution in [2.45, 2.75) is 26.4 Å². The summed E-state index contributed by atoms with van der Waals surface area (Å²) in [6.45, 7) is 7.41. The van der Waals surface area contributed by atoms with Crippen molar-refractivity contribution >= 4 is 11.4 Å². The number of likely N-dealkylation sites (tertiary alicyclic amines) is 1.